The van der Waals surface area contributed by atoms with E-state index in [4.69, 9.17) is 11.6 Å². The van der Waals surface area contributed by atoms with Crippen molar-refractivity contribution >= 4 is 44.1 Å². The molecule has 1 aromatic carbocycles. The molecule has 3 aromatic heterocycles. The largest absolute Gasteiger partial charge is 1.00 e. The minimum atomic E-state index is -4.86. The number of carbonyl (C=O) groups excluding carboxylic acids is 1. The van der Waals surface area contributed by atoms with Gasteiger partial charge in [-0.3, -0.25) is 14.5 Å². The van der Waals surface area contributed by atoms with Crippen LogP contribution in [0.3, 0.4) is 0 Å². The van der Waals surface area contributed by atoms with Gasteiger partial charge in [0, 0.05) is 17.8 Å². The maximum Gasteiger partial charge on any atom is 1.00 e. The van der Waals surface area contributed by atoms with Crippen LogP contribution in [0.4, 0.5) is 18.9 Å². The van der Waals surface area contributed by atoms with Crippen molar-refractivity contribution in [2.24, 2.45) is 0 Å². The monoisotopic (exact) mass is 519 g/mol. The molecule has 0 unspecified atom stereocenters. The molecule has 4 rings (SSSR count). The summed E-state index contributed by atoms with van der Waals surface area (Å²) in [5.74, 6) is -0.702. The topological polar surface area (TPSA) is 118 Å². The van der Waals surface area contributed by atoms with Gasteiger partial charge >= 0.3 is 35.7 Å². The molecule has 14 heteroatoms. The summed E-state index contributed by atoms with van der Waals surface area (Å²) in [6.45, 7) is 1.61. The molecule has 0 aliphatic carbocycles. The van der Waals surface area contributed by atoms with Crippen molar-refractivity contribution in [3.8, 4) is 0 Å². The van der Waals surface area contributed by atoms with E-state index in [2.05, 4.69) is 24.7 Å². The average molecular weight is 520 g/mol. The number of nitrogens with one attached hydrogen (secondary N) is 2. The molecule has 172 valence electrons. The van der Waals surface area contributed by atoms with Crippen LogP contribution in [0.1, 0.15) is 28.7 Å². The van der Waals surface area contributed by atoms with Crippen LogP contribution in [0.5, 0.6) is 0 Å². The minimum absolute atomic E-state index is 0. The zero-order valence-corrected chi connectivity index (χ0v) is 21.2. The van der Waals surface area contributed by atoms with E-state index in [1.54, 1.807) is 19.2 Å². The van der Waals surface area contributed by atoms with E-state index in [-0.39, 0.29) is 48.1 Å². The fourth-order valence-corrected chi connectivity index (χ4v) is 4.39. The van der Waals surface area contributed by atoms with Gasteiger partial charge in [-0.05, 0) is 42.8 Å². The first-order chi connectivity index (χ1) is 15.5. The number of carbonyl (C=O) groups is 1. The number of pyridine rings is 1. The number of fused-ring (bicyclic) bond motifs is 1. The summed E-state index contributed by atoms with van der Waals surface area (Å²) in [4.78, 5) is 27.3. The number of anilines is 1. The molecule has 4 aromatic rings. The third-order valence-corrected chi connectivity index (χ3v) is 6.30. The van der Waals surface area contributed by atoms with Gasteiger partial charge in [-0.25, -0.2) is 18.4 Å². The second-order valence-corrected chi connectivity index (χ2v) is 9.03. The Labute approximate surface area is 219 Å². The minimum Gasteiger partial charge on any atom is -1.00 e. The Hall–Kier alpha value is -2.51. The predicted molar refractivity (Wildman–Crippen MR) is 115 cm³/mol. The molecule has 0 bridgehead atoms. The Morgan fingerprint density at radius 1 is 1.12 bits per heavy atom. The molecule has 34 heavy (non-hydrogen) atoms. The van der Waals surface area contributed by atoms with E-state index >= 15 is 0 Å². The number of alkyl halides is 3. The number of aromatic nitrogens is 4. The fourth-order valence-electron chi connectivity index (χ4n) is 3.09. The normalized spacial score (nSPS) is 11.8. The molecule has 0 spiro atoms. The molecule has 0 atom stereocenters. The maximum absolute atomic E-state index is 13.2. The predicted octanol–water partition coefficient (Wildman–Crippen LogP) is 1.48. The smallest absolute Gasteiger partial charge is 1.00 e. The van der Waals surface area contributed by atoms with Crippen molar-refractivity contribution in [3.05, 3.63) is 76.6 Å². The second kappa shape index (κ2) is 9.62. The summed E-state index contributed by atoms with van der Waals surface area (Å²) in [6.07, 6.45) is -0.786. The Balaban J connectivity index is 0.00000216. The van der Waals surface area contributed by atoms with Gasteiger partial charge in [-0.2, -0.15) is 13.2 Å². The number of sulfonamides is 1. The van der Waals surface area contributed by atoms with E-state index in [0.717, 1.165) is 18.5 Å². The van der Waals surface area contributed by atoms with E-state index in [9.17, 15) is 26.4 Å². The quantitative estimate of drug-likeness (QED) is 0.305. The molecule has 0 aliphatic heterocycles. The van der Waals surface area contributed by atoms with Crippen LogP contribution >= 0.6 is 11.6 Å². The van der Waals surface area contributed by atoms with Crippen LogP contribution in [0.2, 0.25) is 5.02 Å². The first-order valence-electron chi connectivity index (χ1n) is 9.16. The number of hydrogen-bond donors (Lipinski definition) is 2. The zero-order valence-electron chi connectivity index (χ0n) is 18.6. The first-order valence-corrected chi connectivity index (χ1v) is 11.0. The summed E-state index contributed by atoms with van der Waals surface area (Å²) in [7, 11) is -4.54. The molecule has 0 radical (unpaired) electrons. The number of nitrogens with zero attached hydrogens (tertiary/aromatic N) is 3. The van der Waals surface area contributed by atoms with Crippen molar-refractivity contribution in [2.45, 2.75) is 18.0 Å². The number of aromatic amines is 1. The van der Waals surface area contributed by atoms with Gasteiger partial charge in [0.25, 0.3) is 10.0 Å². The molecule has 3 heterocycles. The molecule has 0 aliphatic rings. The molecule has 8 nitrogen and oxygen atoms in total. The van der Waals surface area contributed by atoms with Crippen molar-refractivity contribution in [3.63, 3.8) is 0 Å². The van der Waals surface area contributed by atoms with Gasteiger partial charge in [0.2, 0.25) is 5.78 Å². The van der Waals surface area contributed by atoms with Crippen molar-refractivity contribution < 1.29 is 57.4 Å². The molecular weight excluding hydrogens is 506 g/mol. The third kappa shape index (κ3) is 5.10. The van der Waals surface area contributed by atoms with Crippen LogP contribution in [0, 0.1) is 6.92 Å². The third-order valence-electron chi connectivity index (χ3n) is 4.61. The van der Waals surface area contributed by atoms with Gasteiger partial charge in [0.1, 0.15) is 23.4 Å². The summed E-state index contributed by atoms with van der Waals surface area (Å²) in [6, 6.07) is 5.10. The van der Waals surface area contributed by atoms with Crippen LogP contribution < -0.4 is 34.3 Å². The van der Waals surface area contributed by atoms with E-state index in [1.165, 1.54) is 12.3 Å². The van der Waals surface area contributed by atoms with Gasteiger partial charge < -0.3 is 6.41 Å². The molecular formula is C20H14ClF3N5NaO3S. The number of hydrogen-bond acceptors (Lipinski definition) is 6. The Morgan fingerprint density at radius 3 is 2.56 bits per heavy atom. The summed E-state index contributed by atoms with van der Waals surface area (Å²) >= 11 is 5.58. The van der Waals surface area contributed by atoms with E-state index in [0.29, 0.717) is 22.7 Å². The number of aryl methyl sites for hydroxylation is 1. The Kier molecular flexibility index (Phi) is 7.39. The number of H-pyrrole nitrogens is 1. The van der Waals surface area contributed by atoms with E-state index in [1.807, 2.05) is 0 Å². The molecule has 0 amide bonds. The van der Waals surface area contributed by atoms with Gasteiger partial charge in [0.05, 0.1) is 21.2 Å². The van der Waals surface area contributed by atoms with Gasteiger partial charge in [-0.1, -0.05) is 11.6 Å². The van der Waals surface area contributed by atoms with E-state index < -0.39 is 37.5 Å². The van der Waals surface area contributed by atoms with Crippen molar-refractivity contribution in [1.29, 1.82) is 0 Å². The maximum atomic E-state index is 13.2. The molecule has 0 saturated carbocycles. The fraction of sp³-hybridized carbons (Fsp3) is 0.100. The van der Waals surface area contributed by atoms with Crippen LogP contribution in [0.25, 0.3) is 11.0 Å². The van der Waals surface area contributed by atoms with Crippen LogP contribution in [0.15, 0.2) is 53.9 Å². The van der Waals surface area contributed by atoms with Gasteiger partial charge in [-0.15, -0.1) is 0 Å². The first kappa shape index (κ1) is 26.1. The SMILES string of the molecule is Cc1cnc(C(=O)c2ncnc3[nH]ccc23)c(NS(=O)(=O)c2ccc(Cl)c(C(F)(F)F)c2)c1.[H-].[Na+]. The van der Waals surface area contributed by atoms with Crippen molar-refractivity contribution in [2.75, 3.05) is 4.72 Å². The number of rotatable bonds is 5. The van der Waals surface area contributed by atoms with Crippen molar-refractivity contribution in [1.82, 2.24) is 19.9 Å². The van der Waals surface area contributed by atoms with Crippen LogP contribution in [-0.4, -0.2) is 34.1 Å². The average Bonchev–Trinajstić information content (AvgIpc) is 3.21. The second-order valence-electron chi connectivity index (χ2n) is 6.95. The van der Waals surface area contributed by atoms with Gasteiger partial charge in [0.15, 0.2) is 0 Å². The number of benzene rings is 1. The molecule has 0 saturated heterocycles. The number of ketones is 1. The summed E-state index contributed by atoms with van der Waals surface area (Å²) < 4.78 is 67.5. The van der Waals surface area contributed by atoms with Crippen LogP contribution in [-0.2, 0) is 16.2 Å². The Morgan fingerprint density at radius 2 is 1.85 bits per heavy atom. The Bertz CT molecular complexity index is 1520. The molecule has 0 fully saturated rings. The standard InChI is InChI=1S/C20H13ClF3N5O3S.Na.H/c1-10-6-15(29-33(31,32)11-2-3-14(21)13(7-11)20(22,23)24)17(26-8-10)18(30)16-12-4-5-25-19(12)28-9-27-16;;/h2-9,29H,1H3,(H,25,27,28);;/q;+1;-1. The zero-order chi connectivity index (χ0) is 24.0. The number of halogens is 4. The summed E-state index contributed by atoms with van der Waals surface area (Å²) in [5.41, 5.74) is -0.930. The summed E-state index contributed by atoms with van der Waals surface area (Å²) in [5, 5.41) is -0.250. The molecule has 2 N–H and O–H groups in total.